The summed E-state index contributed by atoms with van der Waals surface area (Å²) in [5, 5.41) is 0. The van der Waals surface area contributed by atoms with Crippen molar-refractivity contribution in [1.82, 2.24) is 4.90 Å². The van der Waals surface area contributed by atoms with Crippen molar-refractivity contribution < 1.29 is 28.6 Å². The molecule has 1 heterocycles. The van der Waals surface area contributed by atoms with Crippen LogP contribution in [-0.4, -0.2) is 56.6 Å². The maximum absolute atomic E-state index is 13.3. The number of hydrogen-bond acceptors (Lipinski definition) is 6. The fraction of sp³-hybridized carbons (Fsp3) is 0.423. The summed E-state index contributed by atoms with van der Waals surface area (Å²) in [6.07, 6.45) is 0.494. The zero-order valence-corrected chi connectivity index (χ0v) is 20.2. The molecule has 0 N–H and O–H groups in total. The van der Waals surface area contributed by atoms with Crippen LogP contribution in [0.4, 0.5) is 5.69 Å². The molecule has 0 bridgehead atoms. The molecular weight excluding hydrogens is 436 g/mol. The topological polar surface area (TPSA) is 85.4 Å². The largest absolute Gasteiger partial charge is 0.497 e. The lowest BCUT2D eigenvalue weighted by atomic mass is 9.83. The van der Waals surface area contributed by atoms with Gasteiger partial charge in [0.2, 0.25) is 5.91 Å². The number of piperidine rings is 1. The summed E-state index contributed by atoms with van der Waals surface area (Å²) < 4.78 is 16.3. The second-order valence-corrected chi connectivity index (χ2v) is 7.97. The van der Waals surface area contributed by atoms with Gasteiger partial charge in [-0.2, -0.15) is 0 Å². The van der Waals surface area contributed by atoms with Gasteiger partial charge >= 0.3 is 5.97 Å². The van der Waals surface area contributed by atoms with E-state index in [1.807, 2.05) is 32.0 Å². The molecule has 2 amide bonds. The summed E-state index contributed by atoms with van der Waals surface area (Å²) in [6.45, 7) is 4.51. The van der Waals surface area contributed by atoms with E-state index in [1.54, 1.807) is 54.4 Å². The van der Waals surface area contributed by atoms with Crippen LogP contribution in [0.25, 0.3) is 0 Å². The van der Waals surface area contributed by atoms with Crippen molar-refractivity contribution in [3.8, 4) is 11.5 Å². The monoisotopic (exact) mass is 468 g/mol. The molecule has 2 atom stereocenters. The van der Waals surface area contributed by atoms with Crippen molar-refractivity contribution in [2.24, 2.45) is 5.92 Å². The number of likely N-dealkylation sites (N-methyl/N-ethyl adjacent to an activating group) is 1. The average molecular weight is 469 g/mol. The van der Waals surface area contributed by atoms with Crippen molar-refractivity contribution in [3.63, 3.8) is 0 Å². The lowest BCUT2D eigenvalue weighted by molar-refractivity contribution is -0.157. The molecule has 182 valence electrons. The highest BCUT2D eigenvalue weighted by atomic mass is 16.5. The minimum atomic E-state index is -0.666. The first-order chi connectivity index (χ1) is 16.4. The van der Waals surface area contributed by atoms with E-state index in [1.165, 1.54) is 0 Å². The fourth-order valence-corrected chi connectivity index (χ4v) is 4.36. The van der Waals surface area contributed by atoms with Crippen LogP contribution in [0.3, 0.4) is 0 Å². The molecule has 8 nitrogen and oxygen atoms in total. The van der Waals surface area contributed by atoms with E-state index in [-0.39, 0.29) is 24.8 Å². The summed E-state index contributed by atoms with van der Waals surface area (Å²) in [5.41, 5.74) is 1.34. The normalized spacial score (nSPS) is 17.8. The van der Waals surface area contributed by atoms with Gasteiger partial charge in [0.1, 0.15) is 11.5 Å². The van der Waals surface area contributed by atoms with Gasteiger partial charge in [-0.05, 0) is 50.6 Å². The maximum atomic E-state index is 13.3. The number of anilines is 1. The Bertz CT molecular complexity index is 1000. The molecule has 0 aliphatic carbocycles. The first kappa shape index (κ1) is 25.1. The molecule has 0 spiro atoms. The molecule has 8 heteroatoms. The number of methoxy groups -OCH3 is 2. The Morgan fingerprint density at radius 3 is 2.29 bits per heavy atom. The Labute approximate surface area is 200 Å². The lowest BCUT2D eigenvalue weighted by Crippen LogP contribution is -2.46. The molecule has 1 aliphatic heterocycles. The first-order valence-corrected chi connectivity index (χ1v) is 11.5. The second kappa shape index (κ2) is 11.5. The molecule has 2 aromatic rings. The molecule has 3 rings (SSSR count). The van der Waals surface area contributed by atoms with E-state index >= 15 is 0 Å². The van der Waals surface area contributed by atoms with Gasteiger partial charge in [0, 0.05) is 30.8 Å². The van der Waals surface area contributed by atoms with E-state index in [9.17, 15) is 14.4 Å². The van der Waals surface area contributed by atoms with Gasteiger partial charge in [0.05, 0.1) is 26.2 Å². The molecule has 2 unspecified atom stereocenters. The average Bonchev–Trinajstić information content (AvgIpc) is 2.87. The fourth-order valence-electron chi connectivity index (χ4n) is 4.36. The van der Waals surface area contributed by atoms with Crippen LogP contribution in [-0.2, 0) is 19.1 Å². The SMILES string of the molecule is CCN(CC)C(=O)COC(=O)C1CCC(=O)N(c2ccc(OC)cc2)C1c1ccccc1OC. The molecule has 0 aromatic heterocycles. The van der Waals surface area contributed by atoms with Crippen molar-refractivity contribution in [1.29, 1.82) is 0 Å². The number of benzene rings is 2. The van der Waals surface area contributed by atoms with Crippen molar-refractivity contribution >= 4 is 23.5 Å². The lowest BCUT2D eigenvalue weighted by Gasteiger charge is -2.40. The number of para-hydroxylation sites is 1. The van der Waals surface area contributed by atoms with Gasteiger partial charge in [-0.15, -0.1) is 0 Å². The molecule has 2 aromatic carbocycles. The first-order valence-electron chi connectivity index (χ1n) is 11.5. The Morgan fingerprint density at radius 1 is 1.00 bits per heavy atom. The number of carbonyl (C=O) groups excluding carboxylic acids is 3. The number of ether oxygens (including phenoxy) is 3. The van der Waals surface area contributed by atoms with E-state index < -0.39 is 17.9 Å². The second-order valence-electron chi connectivity index (χ2n) is 7.97. The van der Waals surface area contributed by atoms with Crippen molar-refractivity contribution in [2.45, 2.75) is 32.7 Å². The highest BCUT2D eigenvalue weighted by molar-refractivity contribution is 5.97. The van der Waals surface area contributed by atoms with Gasteiger partial charge in [0.25, 0.3) is 5.91 Å². The summed E-state index contributed by atoms with van der Waals surface area (Å²) in [7, 11) is 3.13. The van der Waals surface area contributed by atoms with E-state index in [2.05, 4.69) is 0 Å². The maximum Gasteiger partial charge on any atom is 0.311 e. The van der Waals surface area contributed by atoms with Gasteiger partial charge in [-0.3, -0.25) is 14.4 Å². The van der Waals surface area contributed by atoms with Gasteiger partial charge in [-0.25, -0.2) is 0 Å². The summed E-state index contributed by atoms with van der Waals surface area (Å²) >= 11 is 0. The number of nitrogens with zero attached hydrogens (tertiary/aromatic N) is 2. The molecule has 1 fully saturated rings. The van der Waals surface area contributed by atoms with Crippen molar-refractivity contribution in [3.05, 3.63) is 54.1 Å². The van der Waals surface area contributed by atoms with Crippen molar-refractivity contribution in [2.75, 3.05) is 38.8 Å². The van der Waals surface area contributed by atoms with Gasteiger partial charge < -0.3 is 24.0 Å². The Balaban J connectivity index is 1.97. The number of hydrogen-bond donors (Lipinski definition) is 0. The molecular formula is C26H32N2O6. The summed E-state index contributed by atoms with van der Waals surface area (Å²) in [5.74, 6) is -0.302. The molecule has 1 saturated heterocycles. The zero-order chi connectivity index (χ0) is 24.7. The standard InChI is InChI=1S/C26H32N2O6/c1-5-27(6-2)24(30)17-34-26(31)21-15-16-23(29)28(18-11-13-19(32-3)14-12-18)25(21)20-9-7-8-10-22(20)33-4/h7-14,21,25H,5-6,15-17H2,1-4H3. The van der Waals surface area contributed by atoms with E-state index in [0.29, 0.717) is 42.3 Å². The van der Waals surface area contributed by atoms with Crippen LogP contribution in [0.15, 0.2) is 48.5 Å². The molecule has 0 radical (unpaired) electrons. The third kappa shape index (κ3) is 5.32. The molecule has 1 aliphatic rings. The quantitative estimate of drug-likeness (QED) is 0.523. The van der Waals surface area contributed by atoms with E-state index in [0.717, 1.165) is 0 Å². The number of amides is 2. The third-order valence-electron chi connectivity index (χ3n) is 6.16. The Hall–Kier alpha value is -3.55. The number of esters is 1. The minimum absolute atomic E-state index is 0.107. The smallest absolute Gasteiger partial charge is 0.311 e. The minimum Gasteiger partial charge on any atom is -0.497 e. The Morgan fingerprint density at radius 2 is 1.68 bits per heavy atom. The predicted molar refractivity (Wildman–Crippen MR) is 128 cm³/mol. The van der Waals surface area contributed by atoms with E-state index in [4.69, 9.17) is 14.2 Å². The van der Waals surface area contributed by atoms with Gasteiger partial charge in [-0.1, -0.05) is 18.2 Å². The number of rotatable bonds is 9. The summed E-state index contributed by atoms with van der Waals surface area (Å²) in [6, 6.07) is 13.8. The van der Waals surface area contributed by atoms with Gasteiger partial charge in [0.15, 0.2) is 6.61 Å². The number of carbonyl (C=O) groups is 3. The summed E-state index contributed by atoms with van der Waals surface area (Å²) in [4.78, 5) is 42.1. The van der Waals surface area contributed by atoms with Crippen LogP contribution in [0.1, 0.15) is 38.3 Å². The molecule has 0 saturated carbocycles. The highest BCUT2D eigenvalue weighted by Gasteiger charge is 2.43. The highest BCUT2D eigenvalue weighted by Crippen LogP contribution is 2.43. The molecule has 34 heavy (non-hydrogen) atoms. The van der Waals surface area contributed by atoms with Crippen LogP contribution in [0.2, 0.25) is 0 Å². The zero-order valence-electron chi connectivity index (χ0n) is 20.2. The predicted octanol–water partition coefficient (Wildman–Crippen LogP) is 3.60. The van der Waals surface area contributed by atoms with Crippen LogP contribution in [0, 0.1) is 5.92 Å². The Kier molecular flexibility index (Phi) is 8.51. The van der Waals surface area contributed by atoms with Crippen LogP contribution >= 0.6 is 0 Å². The van der Waals surface area contributed by atoms with Crippen LogP contribution in [0.5, 0.6) is 11.5 Å². The third-order valence-corrected chi connectivity index (χ3v) is 6.16. The van der Waals surface area contributed by atoms with Crippen LogP contribution < -0.4 is 14.4 Å².